The molecule has 2 aromatic heterocycles. The summed E-state index contributed by atoms with van der Waals surface area (Å²) in [5.74, 6) is -0.623. The molecule has 0 aromatic carbocycles. The van der Waals surface area contributed by atoms with Crippen molar-refractivity contribution < 1.29 is 14.3 Å². The summed E-state index contributed by atoms with van der Waals surface area (Å²) in [5, 5.41) is 7.63. The Morgan fingerprint density at radius 3 is 2.74 bits per heavy atom. The quantitative estimate of drug-likeness (QED) is 0.624. The predicted octanol–water partition coefficient (Wildman–Crippen LogP) is 3.89. The molecule has 144 valence electrons. The van der Waals surface area contributed by atoms with Gasteiger partial charge in [-0.1, -0.05) is 0 Å². The average Bonchev–Trinajstić information content (AvgIpc) is 3.13. The van der Waals surface area contributed by atoms with E-state index in [1.54, 1.807) is 17.0 Å². The maximum Gasteiger partial charge on any atom is 0.341 e. The lowest BCUT2D eigenvalue weighted by Gasteiger charge is -2.14. The van der Waals surface area contributed by atoms with Crippen molar-refractivity contribution in [2.24, 2.45) is 7.05 Å². The molecule has 1 N–H and O–H groups in total. The second-order valence-electron chi connectivity index (χ2n) is 7.00. The number of esters is 1. The monoisotopic (exact) mass is 387 g/mol. The molecule has 1 aliphatic rings. The van der Waals surface area contributed by atoms with E-state index in [9.17, 15) is 9.59 Å². The minimum atomic E-state index is -0.355. The number of fused-ring (bicyclic) bond motifs is 1. The second-order valence-corrected chi connectivity index (χ2v) is 8.11. The van der Waals surface area contributed by atoms with E-state index in [-0.39, 0.29) is 18.0 Å². The molecule has 0 spiro atoms. The van der Waals surface area contributed by atoms with Crippen LogP contribution in [0.25, 0.3) is 6.08 Å². The Morgan fingerprint density at radius 1 is 1.33 bits per heavy atom. The predicted molar refractivity (Wildman–Crippen MR) is 107 cm³/mol. The summed E-state index contributed by atoms with van der Waals surface area (Å²) in [7, 11) is 1.86. The van der Waals surface area contributed by atoms with Crippen LogP contribution in [0.4, 0.5) is 5.00 Å². The Morgan fingerprint density at radius 2 is 2.07 bits per heavy atom. The van der Waals surface area contributed by atoms with E-state index >= 15 is 0 Å². The van der Waals surface area contributed by atoms with Crippen molar-refractivity contribution >= 4 is 34.3 Å². The topological polar surface area (TPSA) is 73.2 Å². The van der Waals surface area contributed by atoms with Crippen molar-refractivity contribution in [1.29, 1.82) is 0 Å². The van der Waals surface area contributed by atoms with Gasteiger partial charge in [-0.25, -0.2) is 4.79 Å². The summed E-state index contributed by atoms with van der Waals surface area (Å²) in [6, 6.07) is 0. The number of hydrogen-bond acceptors (Lipinski definition) is 5. The van der Waals surface area contributed by atoms with Crippen LogP contribution in [0.15, 0.2) is 12.3 Å². The number of rotatable bonds is 5. The van der Waals surface area contributed by atoms with Crippen molar-refractivity contribution in [1.82, 2.24) is 9.78 Å². The molecule has 6 nitrogen and oxygen atoms in total. The number of thiophene rings is 1. The number of carbonyl (C=O) groups is 2. The maximum absolute atomic E-state index is 12.6. The Balaban J connectivity index is 1.83. The summed E-state index contributed by atoms with van der Waals surface area (Å²) in [6.45, 7) is 5.60. The molecule has 0 atom stereocenters. The zero-order chi connectivity index (χ0) is 19.6. The van der Waals surface area contributed by atoms with Gasteiger partial charge in [-0.05, 0) is 58.1 Å². The van der Waals surface area contributed by atoms with Gasteiger partial charge in [0.1, 0.15) is 5.00 Å². The molecule has 0 aliphatic heterocycles. The molecule has 0 unspecified atom stereocenters. The normalized spacial score (nSPS) is 13.8. The van der Waals surface area contributed by atoms with Crippen LogP contribution >= 0.6 is 11.3 Å². The minimum absolute atomic E-state index is 0.200. The Bertz CT molecular complexity index is 893. The maximum atomic E-state index is 12.6. The first-order valence-corrected chi connectivity index (χ1v) is 10.0. The van der Waals surface area contributed by atoms with Crippen LogP contribution in [0.3, 0.4) is 0 Å². The van der Waals surface area contributed by atoms with Crippen molar-refractivity contribution in [2.45, 2.75) is 52.6 Å². The van der Waals surface area contributed by atoms with Gasteiger partial charge in [0, 0.05) is 29.3 Å². The molecule has 3 rings (SSSR count). The Kier molecular flexibility index (Phi) is 5.79. The first-order chi connectivity index (χ1) is 12.9. The number of aryl methyl sites for hydroxylation is 2. The Hall–Kier alpha value is -2.41. The van der Waals surface area contributed by atoms with Crippen LogP contribution in [-0.2, 0) is 29.4 Å². The highest BCUT2D eigenvalue weighted by Gasteiger charge is 2.27. The summed E-state index contributed by atoms with van der Waals surface area (Å²) < 4.78 is 7.17. The van der Waals surface area contributed by atoms with Gasteiger partial charge >= 0.3 is 5.97 Å². The molecule has 2 aromatic rings. The summed E-state index contributed by atoms with van der Waals surface area (Å²) in [6.07, 6.45) is 8.69. The molecular formula is C20H25N3O3S. The number of nitrogens with zero attached hydrogens (tertiary/aromatic N) is 2. The molecule has 1 aliphatic carbocycles. The third-order valence-electron chi connectivity index (χ3n) is 4.64. The van der Waals surface area contributed by atoms with Crippen LogP contribution in [-0.4, -0.2) is 27.8 Å². The van der Waals surface area contributed by atoms with Gasteiger partial charge in [-0.3, -0.25) is 9.48 Å². The minimum Gasteiger partial charge on any atom is -0.459 e. The van der Waals surface area contributed by atoms with Gasteiger partial charge in [0.2, 0.25) is 5.91 Å². The highest BCUT2D eigenvalue weighted by atomic mass is 32.1. The zero-order valence-corrected chi connectivity index (χ0v) is 17.0. The fourth-order valence-corrected chi connectivity index (χ4v) is 4.42. The number of carbonyl (C=O) groups excluding carboxylic acids is 2. The first-order valence-electron chi connectivity index (χ1n) is 9.20. The lowest BCUT2D eigenvalue weighted by molar-refractivity contribution is -0.111. The number of amides is 1. The molecule has 7 heteroatoms. The molecule has 0 fully saturated rings. The number of hydrogen-bond donors (Lipinski definition) is 1. The van der Waals surface area contributed by atoms with E-state index in [2.05, 4.69) is 10.4 Å². The van der Waals surface area contributed by atoms with E-state index in [0.717, 1.165) is 42.5 Å². The number of anilines is 1. The highest BCUT2D eigenvalue weighted by Crippen LogP contribution is 2.38. The van der Waals surface area contributed by atoms with Gasteiger partial charge in [0.25, 0.3) is 0 Å². The van der Waals surface area contributed by atoms with Crippen LogP contribution in [0.2, 0.25) is 0 Å². The molecule has 0 saturated heterocycles. The zero-order valence-electron chi connectivity index (χ0n) is 16.2. The fourth-order valence-electron chi connectivity index (χ4n) is 3.14. The smallest absolute Gasteiger partial charge is 0.341 e. The van der Waals surface area contributed by atoms with Gasteiger partial charge in [-0.15, -0.1) is 11.3 Å². The van der Waals surface area contributed by atoms with Gasteiger partial charge in [0.15, 0.2) is 0 Å². The van der Waals surface area contributed by atoms with Gasteiger partial charge in [-0.2, -0.15) is 5.10 Å². The lowest BCUT2D eigenvalue weighted by Crippen LogP contribution is -2.17. The summed E-state index contributed by atoms with van der Waals surface area (Å²) >= 11 is 1.49. The van der Waals surface area contributed by atoms with Crippen molar-refractivity contribution in [3.8, 4) is 0 Å². The van der Waals surface area contributed by atoms with Crippen molar-refractivity contribution in [2.75, 3.05) is 5.32 Å². The fraction of sp³-hybridized carbons (Fsp3) is 0.450. The van der Waals surface area contributed by atoms with E-state index in [0.29, 0.717) is 10.6 Å². The van der Waals surface area contributed by atoms with E-state index in [1.807, 2.05) is 27.8 Å². The standard InChI is InChI=1S/C20H25N3O3S/c1-12(2)26-20(25)18-15-7-5-6-8-16(15)27-19(18)22-17(24)10-9-14-11-21-23(4)13(14)3/h9-12H,5-8H2,1-4H3,(H,22,24)/b10-9-. The highest BCUT2D eigenvalue weighted by molar-refractivity contribution is 7.17. The molecule has 0 saturated carbocycles. The number of nitrogens with one attached hydrogen (secondary N) is 1. The molecule has 0 bridgehead atoms. The van der Waals surface area contributed by atoms with Crippen LogP contribution in [0.1, 0.15) is 58.7 Å². The van der Waals surface area contributed by atoms with Crippen LogP contribution < -0.4 is 5.32 Å². The average molecular weight is 388 g/mol. The van der Waals surface area contributed by atoms with Crippen molar-refractivity contribution in [3.05, 3.63) is 39.5 Å². The van der Waals surface area contributed by atoms with E-state index < -0.39 is 0 Å². The summed E-state index contributed by atoms with van der Waals surface area (Å²) in [4.78, 5) is 26.2. The lowest BCUT2D eigenvalue weighted by atomic mass is 9.95. The molecular weight excluding hydrogens is 362 g/mol. The van der Waals surface area contributed by atoms with E-state index in [1.165, 1.54) is 22.3 Å². The van der Waals surface area contributed by atoms with Crippen LogP contribution in [0, 0.1) is 6.92 Å². The van der Waals surface area contributed by atoms with Crippen LogP contribution in [0.5, 0.6) is 0 Å². The second kappa shape index (κ2) is 8.08. The van der Waals surface area contributed by atoms with Gasteiger partial charge < -0.3 is 10.1 Å². The SMILES string of the molecule is Cc1c(/C=C\C(=O)Nc2sc3c(c2C(=O)OC(C)C)CCCC3)cnn1C. The molecule has 2 heterocycles. The molecule has 27 heavy (non-hydrogen) atoms. The molecule has 0 radical (unpaired) electrons. The number of ether oxygens (including phenoxy) is 1. The summed E-state index contributed by atoms with van der Waals surface area (Å²) in [5.41, 5.74) is 3.44. The number of aromatic nitrogens is 2. The molecule has 1 amide bonds. The third kappa shape index (κ3) is 4.30. The first kappa shape index (κ1) is 19.4. The van der Waals surface area contributed by atoms with Crippen molar-refractivity contribution in [3.63, 3.8) is 0 Å². The van der Waals surface area contributed by atoms with Gasteiger partial charge in [0.05, 0.1) is 17.9 Å². The Labute approximate surface area is 163 Å². The third-order valence-corrected chi connectivity index (χ3v) is 5.85. The largest absolute Gasteiger partial charge is 0.459 e. The van der Waals surface area contributed by atoms with E-state index in [4.69, 9.17) is 4.74 Å².